The lowest BCUT2D eigenvalue weighted by molar-refractivity contribution is 0.0307. The van der Waals surface area contributed by atoms with Crippen LogP contribution in [-0.4, -0.2) is 57.8 Å². The maximum Gasteiger partial charge on any atom is 0.141 e. The highest BCUT2D eigenvalue weighted by atomic mass is 32.1. The Morgan fingerprint density at radius 2 is 2.13 bits per heavy atom. The van der Waals surface area contributed by atoms with Gasteiger partial charge in [0.15, 0.2) is 0 Å². The first kappa shape index (κ1) is 16.6. The molecular weight excluding hydrogens is 308 g/mol. The molecule has 2 aromatic heterocycles. The van der Waals surface area contributed by atoms with E-state index in [0.29, 0.717) is 12.6 Å². The van der Waals surface area contributed by atoms with Crippen molar-refractivity contribution in [2.75, 3.05) is 31.1 Å². The molecule has 2 aromatic rings. The lowest BCUT2D eigenvalue weighted by atomic mass is 10.1. The van der Waals surface area contributed by atoms with E-state index in [9.17, 15) is 5.11 Å². The first-order valence-electron chi connectivity index (χ1n) is 8.33. The van der Waals surface area contributed by atoms with Gasteiger partial charge in [-0.1, -0.05) is 6.92 Å². The Morgan fingerprint density at radius 1 is 1.35 bits per heavy atom. The number of aromatic nitrogens is 2. The molecule has 3 heterocycles. The van der Waals surface area contributed by atoms with Crippen LogP contribution in [0, 0.1) is 0 Å². The highest BCUT2D eigenvalue weighted by Crippen LogP contribution is 2.30. The van der Waals surface area contributed by atoms with Crippen molar-refractivity contribution in [2.24, 2.45) is 0 Å². The van der Waals surface area contributed by atoms with E-state index in [4.69, 9.17) is 4.98 Å². The van der Waals surface area contributed by atoms with Gasteiger partial charge in [-0.3, -0.25) is 4.90 Å². The smallest absolute Gasteiger partial charge is 0.141 e. The van der Waals surface area contributed by atoms with Crippen LogP contribution < -0.4 is 4.90 Å². The summed E-state index contributed by atoms with van der Waals surface area (Å²) in [5, 5.41) is 13.3. The molecule has 0 bridgehead atoms. The van der Waals surface area contributed by atoms with Gasteiger partial charge in [-0.2, -0.15) is 0 Å². The van der Waals surface area contributed by atoms with Crippen molar-refractivity contribution in [2.45, 2.75) is 45.8 Å². The molecule has 0 amide bonds. The van der Waals surface area contributed by atoms with Crippen LogP contribution >= 0.6 is 11.3 Å². The number of rotatable bonds is 4. The zero-order valence-electron chi connectivity index (χ0n) is 14.4. The van der Waals surface area contributed by atoms with Gasteiger partial charge in [0.2, 0.25) is 0 Å². The summed E-state index contributed by atoms with van der Waals surface area (Å²) in [6.07, 6.45) is 0.855. The average Bonchev–Trinajstić information content (AvgIpc) is 2.93. The van der Waals surface area contributed by atoms with E-state index in [0.717, 1.165) is 47.9 Å². The van der Waals surface area contributed by atoms with Gasteiger partial charge in [0.25, 0.3) is 0 Å². The summed E-state index contributed by atoms with van der Waals surface area (Å²) in [7, 11) is 0. The van der Waals surface area contributed by atoms with Crippen LogP contribution in [0.5, 0.6) is 0 Å². The third-order valence-corrected chi connectivity index (χ3v) is 5.07. The second-order valence-electron chi connectivity index (χ2n) is 7.05. The zero-order chi connectivity index (χ0) is 16.6. The largest absolute Gasteiger partial charge is 0.389 e. The Kier molecular flexibility index (Phi) is 4.58. The molecule has 0 aliphatic carbocycles. The highest BCUT2D eigenvalue weighted by molar-refractivity contribution is 7.16. The van der Waals surface area contributed by atoms with E-state index < -0.39 is 5.60 Å². The van der Waals surface area contributed by atoms with Gasteiger partial charge in [-0.05, 0) is 32.2 Å². The third-order valence-electron chi connectivity index (χ3n) is 4.26. The van der Waals surface area contributed by atoms with Gasteiger partial charge >= 0.3 is 0 Å². The molecule has 1 saturated heterocycles. The number of thiophene rings is 1. The normalized spacial score (nSPS) is 20.4. The first-order chi connectivity index (χ1) is 10.9. The van der Waals surface area contributed by atoms with E-state index in [1.165, 1.54) is 0 Å². The maximum atomic E-state index is 10.0. The molecule has 0 saturated carbocycles. The lowest BCUT2D eigenvalue weighted by Gasteiger charge is -2.42. The van der Waals surface area contributed by atoms with E-state index in [1.807, 2.05) is 13.8 Å². The molecule has 1 fully saturated rings. The van der Waals surface area contributed by atoms with Crippen LogP contribution in [0.3, 0.4) is 0 Å². The minimum absolute atomic E-state index is 0.369. The SMILES string of the molecule is CCc1nc(N2CCN(CC(C)(C)O)CC2C)c2ccsc2n1. The maximum absolute atomic E-state index is 10.0. The summed E-state index contributed by atoms with van der Waals surface area (Å²) in [5.41, 5.74) is -0.646. The van der Waals surface area contributed by atoms with Gasteiger partial charge in [0, 0.05) is 38.6 Å². The number of hydrogen-bond donors (Lipinski definition) is 1. The highest BCUT2D eigenvalue weighted by Gasteiger charge is 2.29. The number of piperazine rings is 1. The number of β-amino-alcohol motifs (C(OH)–C–C–N with tert-alkyl or cyclic N) is 1. The van der Waals surface area contributed by atoms with Crippen molar-refractivity contribution in [1.29, 1.82) is 0 Å². The molecule has 0 radical (unpaired) electrons. The predicted octanol–water partition coefficient (Wildman–Crippen LogP) is 2.54. The topological polar surface area (TPSA) is 52.5 Å². The number of anilines is 1. The van der Waals surface area contributed by atoms with Crippen molar-refractivity contribution >= 4 is 27.4 Å². The average molecular weight is 334 g/mol. The van der Waals surface area contributed by atoms with Crippen LogP contribution in [0.1, 0.15) is 33.5 Å². The van der Waals surface area contributed by atoms with Crippen LogP contribution in [0.15, 0.2) is 11.4 Å². The van der Waals surface area contributed by atoms with E-state index in [-0.39, 0.29) is 0 Å². The van der Waals surface area contributed by atoms with Gasteiger partial charge in [-0.25, -0.2) is 9.97 Å². The van der Waals surface area contributed by atoms with Crippen LogP contribution in [0.4, 0.5) is 5.82 Å². The Labute approximate surface area is 142 Å². The van der Waals surface area contributed by atoms with Gasteiger partial charge in [0.05, 0.1) is 11.0 Å². The third kappa shape index (κ3) is 3.65. The molecule has 0 spiro atoms. The fraction of sp³-hybridized carbons (Fsp3) is 0.647. The fourth-order valence-corrected chi connectivity index (χ4v) is 4.08. The van der Waals surface area contributed by atoms with E-state index in [1.54, 1.807) is 11.3 Å². The zero-order valence-corrected chi connectivity index (χ0v) is 15.2. The number of aliphatic hydroxyl groups is 1. The van der Waals surface area contributed by atoms with E-state index in [2.05, 4.69) is 40.1 Å². The summed E-state index contributed by atoms with van der Waals surface area (Å²) in [6, 6.07) is 2.50. The number of fused-ring (bicyclic) bond motifs is 1. The molecule has 1 aliphatic heterocycles. The quantitative estimate of drug-likeness (QED) is 0.931. The van der Waals surface area contributed by atoms with Crippen LogP contribution in [-0.2, 0) is 6.42 Å². The van der Waals surface area contributed by atoms with Crippen molar-refractivity contribution in [1.82, 2.24) is 14.9 Å². The second kappa shape index (κ2) is 6.34. The molecule has 5 nitrogen and oxygen atoms in total. The Morgan fingerprint density at radius 3 is 2.78 bits per heavy atom. The Hall–Kier alpha value is -1.24. The summed E-state index contributed by atoms with van der Waals surface area (Å²) >= 11 is 1.68. The number of aryl methyl sites for hydroxylation is 1. The summed E-state index contributed by atoms with van der Waals surface area (Å²) in [4.78, 5) is 15.3. The summed E-state index contributed by atoms with van der Waals surface area (Å²) in [5.74, 6) is 1.99. The molecule has 23 heavy (non-hydrogen) atoms. The molecule has 6 heteroatoms. The monoisotopic (exact) mass is 334 g/mol. The summed E-state index contributed by atoms with van der Waals surface area (Å²) in [6.45, 7) is 11.6. The predicted molar refractivity (Wildman–Crippen MR) is 96.3 cm³/mol. The molecule has 3 rings (SSSR count). The minimum atomic E-state index is -0.646. The van der Waals surface area contributed by atoms with Crippen LogP contribution in [0.2, 0.25) is 0 Å². The molecular formula is C17H26N4OS. The first-order valence-corrected chi connectivity index (χ1v) is 9.21. The Balaban J connectivity index is 1.84. The van der Waals surface area contributed by atoms with Crippen molar-refractivity contribution in [3.05, 3.63) is 17.3 Å². The number of hydrogen-bond acceptors (Lipinski definition) is 6. The second-order valence-corrected chi connectivity index (χ2v) is 7.94. The van der Waals surface area contributed by atoms with Gasteiger partial charge < -0.3 is 10.0 Å². The molecule has 126 valence electrons. The van der Waals surface area contributed by atoms with Crippen molar-refractivity contribution < 1.29 is 5.11 Å². The van der Waals surface area contributed by atoms with Crippen molar-refractivity contribution in [3.8, 4) is 0 Å². The standard InChI is InChI=1S/C17H26N4OS/c1-5-14-18-15(13-6-9-23-16(13)19-14)21-8-7-20(10-12(21)2)11-17(3,4)22/h6,9,12,22H,5,7-8,10-11H2,1-4H3. The van der Waals surface area contributed by atoms with Gasteiger partial charge in [-0.15, -0.1) is 11.3 Å². The molecule has 1 aliphatic rings. The minimum Gasteiger partial charge on any atom is -0.389 e. The van der Waals surface area contributed by atoms with E-state index >= 15 is 0 Å². The van der Waals surface area contributed by atoms with Crippen molar-refractivity contribution in [3.63, 3.8) is 0 Å². The molecule has 0 aromatic carbocycles. The fourth-order valence-electron chi connectivity index (χ4n) is 3.30. The lowest BCUT2D eigenvalue weighted by Crippen LogP contribution is -2.55. The summed E-state index contributed by atoms with van der Waals surface area (Å²) < 4.78 is 0. The molecule has 1 unspecified atom stereocenters. The van der Waals surface area contributed by atoms with Gasteiger partial charge in [0.1, 0.15) is 16.5 Å². The van der Waals surface area contributed by atoms with Crippen LogP contribution in [0.25, 0.3) is 10.2 Å². The molecule has 1 atom stereocenters. The number of nitrogens with zero attached hydrogens (tertiary/aromatic N) is 4. The molecule has 1 N–H and O–H groups in total. The Bertz CT molecular complexity index is 679.